The van der Waals surface area contributed by atoms with Gasteiger partial charge in [0.05, 0.1) is 31.4 Å². The topological polar surface area (TPSA) is 73.7 Å². The molecule has 7 heteroatoms. The van der Waals surface area contributed by atoms with Crippen LogP contribution in [0.4, 0.5) is 0 Å². The number of fused-ring (bicyclic) bond motifs is 2. The minimum absolute atomic E-state index is 0.0105. The highest BCUT2D eigenvalue weighted by Gasteiger charge is 2.57. The van der Waals surface area contributed by atoms with Crippen LogP contribution < -0.4 is 0 Å². The van der Waals surface area contributed by atoms with Gasteiger partial charge in [-0.15, -0.1) is 0 Å². The van der Waals surface area contributed by atoms with Gasteiger partial charge in [0.2, 0.25) is 5.91 Å². The Hall–Kier alpha value is -2.41. The van der Waals surface area contributed by atoms with Crippen molar-refractivity contribution in [2.75, 3.05) is 33.4 Å². The summed E-state index contributed by atoms with van der Waals surface area (Å²) in [5, 5.41) is 0. The average Bonchev–Trinajstić information content (AvgIpc) is 3.19. The van der Waals surface area contributed by atoms with Crippen LogP contribution in [-0.2, 0) is 25.6 Å². The van der Waals surface area contributed by atoms with Crippen molar-refractivity contribution in [3.05, 3.63) is 30.1 Å². The fourth-order valence-electron chi connectivity index (χ4n) is 4.57. The summed E-state index contributed by atoms with van der Waals surface area (Å²) < 4.78 is 12.6. The first-order valence-corrected chi connectivity index (χ1v) is 9.51. The number of hydrogen-bond donors (Lipinski definition) is 0. The van der Waals surface area contributed by atoms with E-state index in [0.29, 0.717) is 32.2 Å². The highest BCUT2D eigenvalue weighted by Crippen LogP contribution is 2.43. The van der Waals surface area contributed by atoms with Crippen molar-refractivity contribution in [1.29, 1.82) is 0 Å². The molecule has 2 atom stereocenters. The Morgan fingerprint density at radius 3 is 2.93 bits per heavy atom. The van der Waals surface area contributed by atoms with Crippen molar-refractivity contribution in [1.82, 2.24) is 14.5 Å². The first-order valence-electron chi connectivity index (χ1n) is 9.51. The largest absolute Gasteiger partial charge is 0.468 e. The maximum absolute atomic E-state index is 13.1. The van der Waals surface area contributed by atoms with Gasteiger partial charge in [0.15, 0.2) is 0 Å². The molecule has 27 heavy (non-hydrogen) atoms. The number of hydrogen-bond acceptors (Lipinski definition) is 5. The van der Waals surface area contributed by atoms with E-state index < -0.39 is 5.41 Å². The van der Waals surface area contributed by atoms with E-state index in [-0.39, 0.29) is 24.3 Å². The van der Waals surface area contributed by atoms with Crippen molar-refractivity contribution < 1.29 is 19.1 Å². The summed E-state index contributed by atoms with van der Waals surface area (Å²) in [5.74, 6) is 1.23. The third-order valence-electron chi connectivity index (χ3n) is 6.24. The summed E-state index contributed by atoms with van der Waals surface area (Å²) in [7, 11) is 1.40. The van der Waals surface area contributed by atoms with Gasteiger partial charge in [0, 0.05) is 24.9 Å². The van der Waals surface area contributed by atoms with E-state index >= 15 is 0 Å². The van der Waals surface area contributed by atoms with Crippen LogP contribution in [0.15, 0.2) is 24.3 Å². The molecule has 2 aliphatic heterocycles. The Bertz CT molecular complexity index is 919. The second-order valence-corrected chi connectivity index (χ2v) is 7.95. The Morgan fingerprint density at radius 1 is 1.33 bits per heavy atom. The second-order valence-electron chi connectivity index (χ2n) is 7.95. The Morgan fingerprint density at radius 2 is 2.15 bits per heavy atom. The SMILES string of the molecule is COC(=O)[C@@]12COC[C@@H]1CN(C(=O)Cn1c(C3CC3)nc3ccccc31)C2. The van der Waals surface area contributed by atoms with Crippen LogP contribution >= 0.6 is 0 Å². The zero-order valence-electron chi connectivity index (χ0n) is 15.4. The van der Waals surface area contributed by atoms with Gasteiger partial charge in [0.1, 0.15) is 17.8 Å². The molecule has 1 amide bonds. The lowest BCUT2D eigenvalue weighted by Gasteiger charge is -2.24. The average molecular weight is 369 g/mol. The maximum Gasteiger partial charge on any atom is 0.316 e. The number of nitrogens with zero attached hydrogens (tertiary/aromatic N) is 3. The summed E-state index contributed by atoms with van der Waals surface area (Å²) in [5.41, 5.74) is 1.23. The molecule has 142 valence electrons. The Balaban J connectivity index is 1.41. The minimum atomic E-state index is -0.708. The second kappa shape index (κ2) is 6.05. The lowest BCUT2D eigenvalue weighted by atomic mass is 9.81. The van der Waals surface area contributed by atoms with E-state index in [4.69, 9.17) is 14.5 Å². The molecule has 0 radical (unpaired) electrons. The molecule has 1 saturated carbocycles. The normalized spacial score (nSPS) is 27.1. The number of carbonyl (C=O) groups excluding carboxylic acids is 2. The van der Waals surface area contributed by atoms with Crippen molar-refractivity contribution >= 4 is 22.9 Å². The highest BCUT2D eigenvalue weighted by molar-refractivity contribution is 5.84. The number of benzene rings is 1. The highest BCUT2D eigenvalue weighted by atomic mass is 16.5. The Kier molecular flexibility index (Phi) is 3.75. The third-order valence-corrected chi connectivity index (χ3v) is 6.24. The molecule has 0 bridgehead atoms. The van der Waals surface area contributed by atoms with Gasteiger partial charge >= 0.3 is 5.97 Å². The van der Waals surface area contributed by atoms with E-state index in [0.717, 1.165) is 29.7 Å². The van der Waals surface area contributed by atoms with Crippen molar-refractivity contribution in [2.45, 2.75) is 25.3 Å². The summed E-state index contributed by atoms with van der Waals surface area (Å²) in [6.07, 6.45) is 2.26. The van der Waals surface area contributed by atoms with Gasteiger partial charge in [-0.3, -0.25) is 9.59 Å². The Labute approximate surface area is 157 Å². The number of ether oxygens (including phenoxy) is 2. The minimum Gasteiger partial charge on any atom is -0.468 e. The predicted molar refractivity (Wildman–Crippen MR) is 97.0 cm³/mol. The standard InChI is InChI=1S/C20H23N3O4/c1-26-19(25)20-11-22(8-14(20)10-27-12-20)17(24)9-23-16-5-3-2-4-15(16)21-18(23)13-6-7-13/h2-5,13-14H,6-12H2,1H3/t14-,20-/m0/s1. The molecule has 1 aliphatic carbocycles. The lowest BCUT2D eigenvalue weighted by Crippen LogP contribution is -2.41. The molecule has 2 saturated heterocycles. The van der Waals surface area contributed by atoms with Gasteiger partial charge in [-0.2, -0.15) is 0 Å². The first-order chi connectivity index (χ1) is 13.1. The van der Waals surface area contributed by atoms with Crippen LogP contribution in [0.5, 0.6) is 0 Å². The van der Waals surface area contributed by atoms with Crippen LogP contribution in [0.1, 0.15) is 24.6 Å². The first kappa shape index (κ1) is 16.7. The number of likely N-dealkylation sites (tertiary alicyclic amines) is 1. The van der Waals surface area contributed by atoms with Crippen molar-refractivity contribution in [2.24, 2.45) is 11.3 Å². The van der Waals surface area contributed by atoms with E-state index in [1.54, 1.807) is 4.90 Å². The molecule has 0 unspecified atom stereocenters. The molecule has 2 aromatic rings. The molecule has 1 aromatic carbocycles. The third kappa shape index (κ3) is 2.56. The zero-order chi connectivity index (χ0) is 18.6. The zero-order valence-corrected chi connectivity index (χ0v) is 15.4. The quantitative estimate of drug-likeness (QED) is 0.765. The number of methoxy groups -OCH3 is 1. The molecule has 5 rings (SSSR count). The van der Waals surface area contributed by atoms with E-state index in [2.05, 4.69) is 4.57 Å². The van der Waals surface area contributed by atoms with Gasteiger partial charge in [-0.1, -0.05) is 12.1 Å². The smallest absolute Gasteiger partial charge is 0.316 e. The van der Waals surface area contributed by atoms with Gasteiger partial charge in [-0.05, 0) is 25.0 Å². The fourth-order valence-corrected chi connectivity index (χ4v) is 4.57. The fraction of sp³-hybridized carbons (Fsp3) is 0.550. The van der Waals surface area contributed by atoms with Crippen LogP contribution in [0, 0.1) is 11.3 Å². The number of amides is 1. The molecular weight excluding hydrogens is 346 g/mol. The van der Waals surface area contributed by atoms with Gasteiger partial charge < -0.3 is 18.9 Å². The molecule has 1 aromatic heterocycles. The van der Waals surface area contributed by atoms with E-state index in [9.17, 15) is 9.59 Å². The van der Waals surface area contributed by atoms with E-state index in [1.165, 1.54) is 7.11 Å². The molecule has 3 aliphatic rings. The van der Waals surface area contributed by atoms with Crippen molar-refractivity contribution in [3.63, 3.8) is 0 Å². The molecule has 7 nitrogen and oxygen atoms in total. The molecular formula is C20H23N3O4. The molecule has 3 fully saturated rings. The van der Waals surface area contributed by atoms with Gasteiger partial charge in [0.25, 0.3) is 0 Å². The number of imidazole rings is 1. The number of para-hydroxylation sites is 2. The monoisotopic (exact) mass is 369 g/mol. The molecule has 0 N–H and O–H groups in total. The van der Waals surface area contributed by atoms with E-state index in [1.807, 2.05) is 24.3 Å². The van der Waals surface area contributed by atoms with Crippen LogP contribution in [-0.4, -0.2) is 59.7 Å². The number of carbonyl (C=O) groups is 2. The number of esters is 1. The summed E-state index contributed by atoms with van der Waals surface area (Å²) in [6.45, 7) is 2.00. The number of rotatable bonds is 4. The van der Waals surface area contributed by atoms with Crippen molar-refractivity contribution in [3.8, 4) is 0 Å². The molecule has 0 spiro atoms. The van der Waals surface area contributed by atoms with Crippen LogP contribution in [0.25, 0.3) is 11.0 Å². The molecule has 3 heterocycles. The lowest BCUT2D eigenvalue weighted by molar-refractivity contribution is -0.153. The summed E-state index contributed by atoms with van der Waals surface area (Å²) in [4.78, 5) is 32.1. The predicted octanol–water partition coefficient (Wildman–Crippen LogP) is 1.56. The summed E-state index contributed by atoms with van der Waals surface area (Å²) >= 11 is 0. The summed E-state index contributed by atoms with van der Waals surface area (Å²) in [6, 6.07) is 7.96. The van der Waals surface area contributed by atoms with Gasteiger partial charge in [-0.25, -0.2) is 4.98 Å². The number of aromatic nitrogens is 2. The van der Waals surface area contributed by atoms with Crippen LogP contribution in [0.2, 0.25) is 0 Å². The maximum atomic E-state index is 13.1. The van der Waals surface area contributed by atoms with Crippen LogP contribution in [0.3, 0.4) is 0 Å².